The number of benzene rings is 1. The smallest absolute Gasteiger partial charge is 0.170 e. The van der Waals surface area contributed by atoms with Gasteiger partial charge in [-0.3, -0.25) is 0 Å². The third-order valence-electron chi connectivity index (χ3n) is 3.83. The minimum absolute atomic E-state index is 0.478. The third kappa shape index (κ3) is 2.72. The Morgan fingerprint density at radius 2 is 1.95 bits per heavy atom. The molecule has 0 atom stereocenters. The number of anilines is 1. The summed E-state index contributed by atoms with van der Waals surface area (Å²) in [5.74, 6) is 1.83. The van der Waals surface area contributed by atoms with Crippen molar-refractivity contribution in [2.75, 3.05) is 4.90 Å². The SMILES string of the molecule is c1ccc(N(Cc2ccco2)Cc2nnnn2C2CC2)cc1. The lowest BCUT2D eigenvalue weighted by Crippen LogP contribution is -2.24. The molecule has 1 saturated carbocycles. The highest BCUT2D eigenvalue weighted by Crippen LogP contribution is 2.34. The topological polar surface area (TPSA) is 60.0 Å². The van der Waals surface area contributed by atoms with Crippen LogP contribution < -0.4 is 4.90 Å². The van der Waals surface area contributed by atoms with Crippen LogP contribution in [0.5, 0.6) is 0 Å². The highest BCUT2D eigenvalue weighted by molar-refractivity contribution is 5.46. The minimum atomic E-state index is 0.478. The fourth-order valence-electron chi connectivity index (χ4n) is 2.56. The Morgan fingerprint density at radius 3 is 2.68 bits per heavy atom. The maximum atomic E-state index is 5.49. The van der Waals surface area contributed by atoms with E-state index in [4.69, 9.17) is 4.42 Å². The largest absolute Gasteiger partial charge is 0.467 e. The van der Waals surface area contributed by atoms with Gasteiger partial charge in [0, 0.05) is 5.69 Å². The fraction of sp³-hybridized carbons (Fsp3) is 0.312. The molecule has 22 heavy (non-hydrogen) atoms. The third-order valence-corrected chi connectivity index (χ3v) is 3.83. The summed E-state index contributed by atoms with van der Waals surface area (Å²) in [6, 6.07) is 14.6. The highest BCUT2D eigenvalue weighted by Gasteiger charge is 2.28. The van der Waals surface area contributed by atoms with Gasteiger partial charge in [-0.1, -0.05) is 18.2 Å². The van der Waals surface area contributed by atoms with E-state index in [0.29, 0.717) is 19.1 Å². The summed E-state index contributed by atoms with van der Waals surface area (Å²) < 4.78 is 7.45. The first-order chi connectivity index (χ1) is 10.9. The predicted octanol–water partition coefficient (Wildman–Crippen LogP) is 2.81. The lowest BCUT2D eigenvalue weighted by molar-refractivity contribution is 0.496. The average Bonchev–Trinajstić information content (AvgIpc) is 3.08. The zero-order chi connectivity index (χ0) is 14.8. The molecule has 2 heterocycles. The van der Waals surface area contributed by atoms with Crippen LogP contribution in [0.2, 0.25) is 0 Å². The van der Waals surface area contributed by atoms with Crippen LogP contribution in [0.1, 0.15) is 30.5 Å². The molecule has 0 N–H and O–H groups in total. The molecule has 112 valence electrons. The number of hydrogen-bond donors (Lipinski definition) is 0. The van der Waals surface area contributed by atoms with E-state index in [2.05, 4.69) is 32.6 Å². The summed E-state index contributed by atoms with van der Waals surface area (Å²) >= 11 is 0. The Morgan fingerprint density at radius 1 is 1.09 bits per heavy atom. The van der Waals surface area contributed by atoms with Crippen LogP contribution in [0, 0.1) is 0 Å². The van der Waals surface area contributed by atoms with E-state index in [1.807, 2.05) is 35.0 Å². The van der Waals surface area contributed by atoms with Crippen molar-refractivity contribution in [1.29, 1.82) is 0 Å². The zero-order valence-corrected chi connectivity index (χ0v) is 12.2. The molecule has 0 saturated heterocycles. The summed E-state index contributed by atoms with van der Waals surface area (Å²) in [6.07, 6.45) is 4.04. The summed E-state index contributed by atoms with van der Waals surface area (Å²) in [4.78, 5) is 2.23. The van der Waals surface area contributed by atoms with Gasteiger partial charge in [0.05, 0.1) is 25.4 Å². The van der Waals surface area contributed by atoms with Crippen molar-refractivity contribution in [2.45, 2.75) is 32.0 Å². The van der Waals surface area contributed by atoms with Gasteiger partial charge in [0.15, 0.2) is 5.82 Å². The monoisotopic (exact) mass is 295 g/mol. The molecule has 0 unspecified atom stereocenters. The molecule has 0 bridgehead atoms. The van der Waals surface area contributed by atoms with E-state index < -0.39 is 0 Å². The Kier molecular flexibility index (Phi) is 3.34. The summed E-state index contributed by atoms with van der Waals surface area (Å²) in [6.45, 7) is 1.35. The molecular formula is C16H17N5O. The first kappa shape index (κ1) is 13.1. The van der Waals surface area contributed by atoms with Gasteiger partial charge in [0.25, 0.3) is 0 Å². The highest BCUT2D eigenvalue weighted by atomic mass is 16.3. The van der Waals surface area contributed by atoms with Crippen LogP contribution in [-0.4, -0.2) is 20.2 Å². The Hall–Kier alpha value is -2.63. The number of aromatic nitrogens is 4. The average molecular weight is 295 g/mol. The molecule has 6 heteroatoms. The number of furan rings is 1. The molecular weight excluding hydrogens is 278 g/mol. The van der Waals surface area contributed by atoms with Crippen LogP contribution >= 0.6 is 0 Å². The summed E-state index contributed by atoms with van der Waals surface area (Å²) in [5.41, 5.74) is 1.13. The van der Waals surface area contributed by atoms with Crippen LogP contribution in [0.15, 0.2) is 53.1 Å². The second kappa shape index (κ2) is 5.63. The van der Waals surface area contributed by atoms with Gasteiger partial charge in [-0.05, 0) is 47.5 Å². The normalized spacial score (nSPS) is 14.2. The molecule has 3 aromatic rings. The maximum absolute atomic E-state index is 5.49. The van der Waals surface area contributed by atoms with Crippen molar-refractivity contribution in [3.05, 3.63) is 60.3 Å². The second-order valence-corrected chi connectivity index (χ2v) is 5.54. The number of nitrogens with zero attached hydrogens (tertiary/aromatic N) is 5. The quantitative estimate of drug-likeness (QED) is 0.700. The van der Waals surface area contributed by atoms with E-state index in [0.717, 1.165) is 17.3 Å². The second-order valence-electron chi connectivity index (χ2n) is 5.54. The van der Waals surface area contributed by atoms with Crippen LogP contribution in [-0.2, 0) is 13.1 Å². The predicted molar refractivity (Wildman–Crippen MR) is 81.1 cm³/mol. The molecule has 1 aliphatic carbocycles. The molecule has 0 aliphatic heterocycles. The van der Waals surface area contributed by atoms with Crippen molar-refractivity contribution in [1.82, 2.24) is 20.2 Å². The van der Waals surface area contributed by atoms with Crippen molar-refractivity contribution in [3.63, 3.8) is 0 Å². The van der Waals surface area contributed by atoms with E-state index in [1.165, 1.54) is 12.8 Å². The Balaban J connectivity index is 1.60. The molecule has 1 aromatic carbocycles. The van der Waals surface area contributed by atoms with Gasteiger partial charge in [0.2, 0.25) is 0 Å². The van der Waals surface area contributed by atoms with E-state index >= 15 is 0 Å². The lowest BCUT2D eigenvalue weighted by atomic mass is 10.2. The van der Waals surface area contributed by atoms with E-state index in [9.17, 15) is 0 Å². The van der Waals surface area contributed by atoms with E-state index in [1.54, 1.807) is 6.26 Å². The molecule has 0 radical (unpaired) electrons. The number of rotatable bonds is 6. The van der Waals surface area contributed by atoms with Gasteiger partial charge in [-0.25, -0.2) is 4.68 Å². The molecule has 2 aromatic heterocycles. The van der Waals surface area contributed by atoms with Crippen molar-refractivity contribution < 1.29 is 4.42 Å². The summed E-state index contributed by atoms with van der Waals surface area (Å²) in [5, 5.41) is 12.2. The summed E-state index contributed by atoms with van der Waals surface area (Å²) in [7, 11) is 0. The van der Waals surface area contributed by atoms with Crippen LogP contribution in [0.3, 0.4) is 0 Å². The van der Waals surface area contributed by atoms with Gasteiger partial charge >= 0.3 is 0 Å². The van der Waals surface area contributed by atoms with Crippen molar-refractivity contribution in [2.24, 2.45) is 0 Å². The standard InChI is InChI=1S/C16H17N5O/c1-2-5-13(6-3-1)20(11-15-7-4-10-22-15)12-16-17-18-19-21(16)14-8-9-14/h1-7,10,14H,8-9,11-12H2. The number of hydrogen-bond acceptors (Lipinski definition) is 5. The van der Waals surface area contributed by atoms with Crippen molar-refractivity contribution >= 4 is 5.69 Å². The Bertz CT molecular complexity index is 718. The van der Waals surface area contributed by atoms with Crippen LogP contribution in [0.25, 0.3) is 0 Å². The fourth-order valence-corrected chi connectivity index (χ4v) is 2.56. The lowest BCUT2D eigenvalue weighted by Gasteiger charge is -2.23. The van der Waals surface area contributed by atoms with Gasteiger partial charge < -0.3 is 9.32 Å². The molecule has 1 fully saturated rings. The van der Waals surface area contributed by atoms with Gasteiger partial charge in [-0.15, -0.1) is 5.10 Å². The molecule has 0 spiro atoms. The molecule has 6 nitrogen and oxygen atoms in total. The first-order valence-corrected chi connectivity index (χ1v) is 7.49. The van der Waals surface area contributed by atoms with Crippen molar-refractivity contribution in [3.8, 4) is 0 Å². The number of tetrazole rings is 1. The van der Waals surface area contributed by atoms with Gasteiger partial charge in [0.1, 0.15) is 5.76 Å². The van der Waals surface area contributed by atoms with Crippen LogP contribution in [0.4, 0.5) is 5.69 Å². The zero-order valence-electron chi connectivity index (χ0n) is 12.2. The molecule has 4 rings (SSSR count). The molecule has 1 aliphatic rings. The Labute approximate surface area is 128 Å². The number of para-hydroxylation sites is 1. The van der Waals surface area contributed by atoms with E-state index in [-0.39, 0.29) is 0 Å². The first-order valence-electron chi connectivity index (χ1n) is 7.49. The molecule has 0 amide bonds. The minimum Gasteiger partial charge on any atom is -0.467 e. The maximum Gasteiger partial charge on any atom is 0.170 e. The van der Waals surface area contributed by atoms with Gasteiger partial charge in [-0.2, -0.15) is 0 Å².